The lowest BCUT2D eigenvalue weighted by atomic mass is 10.2. The van der Waals surface area contributed by atoms with Crippen molar-refractivity contribution >= 4 is 17.7 Å². The van der Waals surface area contributed by atoms with E-state index in [4.69, 9.17) is 4.74 Å². The summed E-state index contributed by atoms with van der Waals surface area (Å²) in [6, 6.07) is 6.43. The molecule has 25 heavy (non-hydrogen) atoms. The molecule has 0 aliphatic carbocycles. The Hall–Kier alpha value is -2.83. The zero-order chi connectivity index (χ0) is 18.4. The molecule has 0 atom stereocenters. The predicted octanol–water partition coefficient (Wildman–Crippen LogP) is 3.27. The number of hydrogen-bond donors (Lipinski definition) is 2. The van der Waals surface area contributed by atoms with E-state index in [1.807, 2.05) is 20.8 Å². The van der Waals surface area contributed by atoms with Crippen LogP contribution in [0.3, 0.4) is 0 Å². The quantitative estimate of drug-likeness (QED) is 0.622. The molecule has 0 radical (unpaired) electrons. The normalized spacial score (nSPS) is 10.4. The number of anilines is 1. The Morgan fingerprint density at radius 1 is 1.24 bits per heavy atom. The van der Waals surface area contributed by atoms with Crippen LogP contribution in [-0.2, 0) is 6.54 Å². The molecule has 0 bridgehead atoms. The van der Waals surface area contributed by atoms with Gasteiger partial charge in [0.1, 0.15) is 11.3 Å². The van der Waals surface area contributed by atoms with Crippen LogP contribution in [-0.4, -0.2) is 28.3 Å². The molecule has 0 aliphatic heterocycles. The van der Waals surface area contributed by atoms with Gasteiger partial charge in [0.05, 0.1) is 11.4 Å². The van der Waals surface area contributed by atoms with Gasteiger partial charge in [-0.2, -0.15) is 5.10 Å². The third-order valence-electron chi connectivity index (χ3n) is 3.72. The summed E-state index contributed by atoms with van der Waals surface area (Å²) in [6.45, 7) is 8.85. The molecule has 2 rings (SSSR count). The summed E-state index contributed by atoms with van der Waals surface area (Å²) in [5, 5.41) is 9.76. The van der Waals surface area contributed by atoms with Crippen LogP contribution < -0.4 is 15.4 Å². The largest absolute Gasteiger partial charge is 0.423 e. The Morgan fingerprint density at radius 2 is 2.00 bits per heavy atom. The summed E-state index contributed by atoms with van der Waals surface area (Å²) in [7, 11) is 0. The van der Waals surface area contributed by atoms with E-state index in [0.717, 1.165) is 12.1 Å². The maximum Gasteiger partial charge on any atom is 0.347 e. The predicted molar refractivity (Wildman–Crippen MR) is 96.1 cm³/mol. The van der Waals surface area contributed by atoms with E-state index < -0.39 is 5.97 Å². The van der Waals surface area contributed by atoms with E-state index in [0.29, 0.717) is 35.8 Å². The molecule has 2 amide bonds. The summed E-state index contributed by atoms with van der Waals surface area (Å²) in [6.07, 6.45) is 0.856. The zero-order valence-corrected chi connectivity index (χ0v) is 15.0. The third-order valence-corrected chi connectivity index (χ3v) is 3.72. The lowest BCUT2D eigenvalue weighted by Gasteiger charge is -2.09. The highest BCUT2D eigenvalue weighted by atomic mass is 16.5. The van der Waals surface area contributed by atoms with E-state index in [-0.39, 0.29) is 6.03 Å². The number of esters is 1. The Balaban J connectivity index is 2.10. The van der Waals surface area contributed by atoms with E-state index in [1.165, 1.54) is 0 Å². The van der Waals surface area contributed by atoms with Crippen LogP contribution in [0.15, 0.2) is 24.3 Å². The number of hydrogen-bond acceptors (Lipinski definition) is 4. The van der Waals surface area contributed by atoms with Crippen LogP contribution in [0.2, 0.25) is 0 Å². The highest BCUT2D eigenvalue weighted by Crippen LogP contribution is 2.21. The standard InChI is InChI=1S/C18H24N4O3/c1-5-10-19-18(24)20-14-8-7-9-15(11-14)25-17(23)16-12(3)21-22(6-2)13(16)4/h7-9,11H,5-6,10H2,1-4H3,(H2,19,20,24). The van der Waals surface area contributed by atoms with Gasteiger partial charge >= 0.3 is 12.0 Å². The maximum atomic E-state index is 12.5. The van der Waals surface area contributed by atoms with Gasteiger partial charge in [0, 0.05) is 24.8 Å². The van der Waals surface area contributed by atoms with E-state index in [2.05, 4.69) is 15.7 Å². The number of aromatic nitrogens is 2. The number of benzene rings is 1. The number of amides is 2. The van der Waals surface area contributed by atoms with Crippen molar-refractivity contribution in [1.82, 2.24) is 15.1 Å². The minimum atomic E-state index is -0.456. The highest BCUT2D eigenvalue weighted by molar-refractivity contribution is 5.94. The number of nitrogens with one attached hydrogen (secondary N) is 2. The molecular weight excluding hydrogens is 320 g/mol. The Kier molecular flexibility index (Phi) is 6.16. The van der Waals surface area contributed by atoms with Crippen molar-refractivity contribution < 1.29 is 14.3 Å². The maximum absolute atomic E-state index is 12.5. The molecule has 7 heteroatoms. The first-order valence-electron chi connectivity index (χ1n) is 8.37. The van der Waals surface area contributed by atoms with Gasteiger partial charge in [-0.05, 0) is 39.3 Å². The zero-order valence-electron chi connectivity index (χ0n) is 15.0. The van der Waals surface area contributed by atoms with E-state index in [1.54, 1.807) is 35.9 Å². The number of ether oxygens (including phenoxy) is 1. The van der Waals surface area contributed by atoms with Gasteiger partial charge < -0.3 is 15.4 Å². The summed E-state index contributed by atoms with van der Waals surface area (Å²) < 4.78 is 7.23. The number of carbonyl (C=O) groups excluding carboxylic acids is 2. The van der Waals surface area contributed by atoms with Gasteiger partial charge in [0.2, 0.25) is 0 Å². The number of urea groups is 1. The third kappa shape index (κ3) is 4.59. The molecular formula is C18H24N4O3. The number of aryl methyl sites for hydroxylation is 2. The minimum absolute atomic E-state index is 0.291. The monoisotopic (exact) mass is 344 g/mol. The average Bonchev–Trinajstić information content (AvgIpc) is 2.87. The minimum Gasteiger partial charge on any atom is -0.423 e. The first-order valence-corrected chi connectivity index (χ1v) is 8.37. The Labute approximate surface area is 147 Å². The van der Waals surface area contributed by atoms with Gasteiger partial charge in [-0.15, -0.1) is 0 Å². The first kappa shape index (κ1) is 18.5. The number of rotatable bonds is 6. The smallest absolute Gasteiger partial charge is 0.347 e. The van der Waals surface area contributed by atoms with Crippen LogP contribution in [0, 0.1) is 13.8 Å². The fraction of sp³-hybridized carbons (Fsp3) is 0.389. The van der Waals surface area contributed by atoms with Crippen LogP contribution in [0.1, 0.15) is 42.0 Å². The molecule has 0 fully saturated rings. The van der Waals surface area contributed by atoms with Crippen molar-refractivity contribution in [1.29, 1.82) is 0 Å². The lowest BCUT2D eigenvalue weighted by molar-refractivity contribution is 0.0733. The van der Waals surface area contributed by atoms with Crippen molar-refractivity contribution in [3.63, 3.8) is 0 Å². The highest BCUT2D eigenvalue weighted by Gasteiger charge is 2.20. The number of nitrogens with zero attached hydrogens (tertiary/aromatic N) is 2. The second-order valence-electron chi connectivity index (χ2n) is 5.66. The summed E-state index contributed by atoms with van der Waals surface area (Å²) in [5.74, 6) is -0.0939. The molecule has 134 valence electrons. The topological polar surface area (TPSA) is 85.2 Å². The average molecular weight is 344 g/mol. The summed E-state index contributed by atoms with van der Waals surface area (Å²) in [5.41, 5.74) is 2.44. The van der Waals surface area contributed by atoms with E-state index in [9.17, 15) is 9.59 Å². The molecule has 0 spiro atoms. The second-order valence-corrected chi connectivity index (χ2v) is 5.66. The fourth-order valence-electron chi connectivity index (χ4n) is 2.51. The SMILES string of the molecule is CCCNC(=O)Nc1cccc(OC(=O)c2c(C)nn(CC)c2C)c1. The van der Waals surface area contributed by atoms with Crippen molar-refractivity contribution in [2.75, 3.05) is 11.9 Å². The first-order chi connectivity index (χ1) is 12.0. The van der Waals surface area contributed by atoms with Gasteiger partial charge in [-0.1, -0.05) is 13.0 Å². The van der Waals surface area contributed by atoms with E-state index >= 15 is 0 Å². The van der Waals surface area contributed by atoms with Crippen molar-refractivity contribution in [3.8, 4) is 5.75 Å². The Bertz CT molecular complexity index is 768. The molecule has 1 heterocycles. The van der Waals surface area contributed by atoms with Crippen molar-refractivity contribution in [2.45, 2.75) is 40.7 Å². The van der Waals surface area contributed by atoms with Crippen molar-refractivity contribution in [3.05, 3.63) is 41.2 Å². The lowest BCUT2D eigenvalue weighted by Crippen LogP contribution is -2.29. The molecule has 1 aromatic carbocycles. The second kappa shape index (κ2) is 8.32. The van der Waals surface area contributed by atoms with Crippen LogP contribution in [0.4, 0.5) is 10.5 Å². The van der Waals surface area contributed by atoms with Crippen LogP contribution in [0.25, 0.3) is 0 Å². The molecule has 0 saturated carbocycles. The summed E-state index contributed by atoms with van der Waals surface area (Å²) >= 11 is 0. The molecule has 0 saturated heterocycles. The molecule has 7 nitrogen and oxygen atoms in total. The summed E-state index contributed by atoms with van der Waals surface area (Å²) in [4.78, 5) is 24.2. The molecule has 1 aromatic heterocycles. The van der Waals surface area contributed by atoms with Gasteiger partial charge in [-0.25, -0.2) is 9.59 Å². The molecule has 2 N–H and O–H groups in total. The van der Waals surface area contributed by atoms with Crippen LogP contribution >= 0.6 is 0 Å². The Morgan fingerprint density at radius 3 is 2.64 bits per heavy atom. The molecule has 0 aliphatic rings. The fourth-order valence-corrected chi connectivity index (χ4v) is 2.51. The van der Waals surface area contributed by atoms with Crippen LogP contribution in [0.5, 0.6) is 5.75 Å². The van der Waals surface area contributed by atoms with Crippen molar-refractivity contribution in [2.24, 2.45) is 0 Å². The van der Waals surface area contributed by atoms with Gasteiger partial charge in [0.25, 0.3) is 0 Å². The van der Waals surface area contributed by atoms with Gasteiger partial charge in [-0.3, -0.25) is 4.68 Å². The molecule has 2 aromatic rings. The molecule has 0 unspecified atom stereocenters. The van der Waals surface area contributed by atoms with Gasteiger partial charge in [0.15, 0.2) is 0 Å². The number of carbonyl (C=O) groups is 2.